The van der Waals surface area contributed by atoms with E-state index >= 15 is 0 Å². The lowest BCUT2D eigenvalue weighted by Crippen LogP contribution is -2.06. The molecule has 0 aromatic heterocycles. The Labute approximate surface area is 121 Å². The minimum Gasteiger partial charge on any atom is -0.490 e. The minimum absolute atomic E-state index is 0.253. The van der Waals surface area contributed by atoms with Crippen molar-refractivity contribution < 1.29 is 28.0 Å². The Balaban J connectivity index is 3.11. The maximum atomic E-state index is 13.8. The van der Waals surface area contributed by atoms with E-state index in [0.717, 1.165) is 12.1 Å². The number of benzene rings is 1. The van der Waals surface area contributed by atoms with Crippen LogP contribution >= 0.6 is 7.60 Å². The van der Waals surface area contributed by atoms with E-state index in [9.17, 15) is 24.0 Å². The Hall–Kier alpha value is -1.50. The molecule has 9 heteroatoms. The molecule has 0 radical (unpaired) electrons. The first kappa shape index (κ1) is 17.6. The van der Waals surface area contributed by atoms with E-state index in [1.165, 1.54) is 7.11 Å². The standard InChI is InChI=1S/C12H17FNO6P/c1-4-8(2)20-21(17,18)7-9-5-11(14(15)16)12(19-3)6-10(9)13/h5-6,8H,4,7H2,1-3H3,(H,17,18). The third-order valence-electron chi connectivity index (χ3n) is 2.83. The number of methoxy groups -OCH3 is 1. The highest BCUT2D eigenvalue weighted by atomic mass is 31.2. The van der Waals surface area contributed by atoms with Crippen molar-refractivity contribution in [2.24, 2.45) is 0 Å². The van der Waals surface area contributed by atoms with Crippen molar-refractivity contribution in [2.75, 3.05) is 7.11 Å². The number of nitro groups is 1. The first-order valence-electron chi connectivity index (χ1n) is 6.21. The summed E-state index contributed by atoms with van der Waals surface area (Å²) in [6.45, 7) is 3.37. The van der Waals surface area contributed by atoms with E-state index in [2.05, 4.69) is 0 Å². The minimum atomic E-state index is -4.09. The fourth-order valence-corrected chi connectivity index (χ4v) is 3.08. The largest absolute Gasteiger partial charge is 0.490 e. The Morgan fingerprint density at radius 3 is 2.62 bits per heavy atom. The number of rotatable bonds is 7. The second-order valence-corrected chi connectivity index (χ2v) is 6.29. The molecule has 0 saturated heterocycles. The van der Waals surface area contributed by atoms with Gasteiger partial charge in [-0.3, -0.25) is 14.7 Å². The summed E-state index contributed by atoms with van der Waals surface area (Å²) in [6.07, 6.45) is -0.610. The molecule has 1 rings (SSSR count). The van der Waals surface area contributed by atoms with Crippen molar-refractivity contribution in [1.82, 2.24) is 0 Å². The molecule has 1 aromatic rings. The highest BCUT2D eigenvalue weighted by Crippen LogP contribution is 2.48. The molecule has 0 spiro atoms. The van der Waals surface area contributed by atoms with Crippen LogP contribution < -0.4 is 4.74 Å². The topological polar surface area (TPSA) is 98.9 Å². The van der Waals surface area contributed by atoms with Crippen LogP contribution in [-0.2, 0) is 15.3 Å². The molecule has 21 heavy (non-hydrogen) atoms. The molecule has 0 saturated carbocycles. The van der Waals surface area contributed by atoms with Crippen LogP contribution in [0.4, 0.5) is 10.1 Å². The van der Waals surface area contributed by atoms with Crippen molar-refractivity contribution in [3.8, 4) is 5.75 Å². The van der Waals surface area contributed by atoms with Crippen LogP contribution in [0.25, 0.3) is 0 Å². The molecule has 0 heterocycles. The van der Waals surface area contributed by atoms with Gasteiger partial charge in [-0.1, -0.05) is 6.92 Å². The predicted molar refractivity (Wildman–Crippen MR) is 74.0 cm³/mol. The van der Waals surface area contributed by atoms with Crippen LogP contribution in [0.15, 0.2) is 12.1 Å². The monoisotopic (exact) mass is 321 g/mol. The van der Waals surface area contributed by atoms with Crippen LogP contribution in [0.3, 0.4) is 0 Å². The van der Waals surface area contributed by atoms with E-state index in [-0.39, 0.29) is 11.3 Å². The van der Waals surface area contributed by atoms with Crippen LogP contribution in [0.1, 0.15) is 25.8 Å². The third-order valence-corrected chi connectivity index (χ3v) is 4.26. The van der Waals surface area contributed by atoms with Gasteiger partial charge >= 0.3 is 13.3 Å². The van der Waals surface area contributed by atoms with Gasteiger partial charge in [-0.25, -0.2) is 4.39 Å². The zero-order valence-electron chi connectivity index (χ0n) is 11.9. The summed E-state index contributed by atoms with van der Waals surface area (Å²) in [5.74, 6) is -1.11. The predicted octanol–water partition coefficient (Wildman–Crippen LogP) is 3.24. The summed E-state index contributed by atoms with van der Waals surface area (Å²) >= 11 is 0. The average Bonchev–Trinajstić information content (AvgIpc) is 2.39. The van der Waals surface area contributed by atoms with Crippen molar-refractivity contribution in [1.29, 1.82) is 0 Å². The van der Waals surface area contributed by atoms with Crippen molar-refractivity contribution >= 4 is 13.3 Å². The number of ether oxygens (including phenoxy) is 1. The number of hydrogen-bond donors (Lipinski definition) is 1. The van der Waals surface area contributed by atoms with Gasteiger partial charge in [0, 0.05) is 17.7 Å². The summed E-state index contributed by atoms with van der Waals surface area (Å²) in [6, 6.07) is 1.70. The summed E-state index contributed by atoms with van der Waals surface area (Å²) in [7, 11) is -2.92. The van der Waals surface area contributed by atoms with Gasteiger partial charge in [0.15, 0.2) is 5.75 Å². The molecule has 2 unspecified atom stereocenters. The lowest BCUT2D eigenvalue weighted by molar-refractivity contribution is -0.385. The van der Waals surface area contributed by atoms with E-state index < -0.39 is 36.3 Å². The number of nitrogens with zero attached hydrogens (tertiary/aromatic N) is 1. The van der Waals surface area contributed by atoms with Crippen molar-refractivity contribution in [3.63, 3.8) is 0 Å². The molecule has 0 aliphatic heterocycles. The summed E-state index contributed by atoms with van der Waals surface area (Å²) in [5, 5.41) is 10.9. The zero-order valence-corrected chi connectivity index (χ0v) is 12.8. The highest BCUT2D eigenvalue weighted by molar-refractivity contribution is 7.52. The molecule has 1 N–H and O–H groups in total. The number of nitro benzene ring substituents is 1. The maximum absolute atomic E-state index is 13.8. The number of halogens is 1. The van der Waals surface area contributed by atoms with E-state index in [0.29, 0.717) is 6.42 Å². The van der Waals surface area contributed by atoms with Gasteiger partial charge in [0.1, 0.15) is 5.82 Å². The molecule has 2 atom stereocenters. The molecule has 0 aliphatic rings. The van der Waals surface area contributed by atoms with Crippen LogP contribution in [0.5, 0.6) is 5.75 Å². The van der Waals surface area contributed by atoms with Crippen LogP contribution in [-0.4, -0.2) is 23.0 Å². The molecule has 1 aromatic carbocycles. The van der Waals surface area contributed by atoms with Gasteiger partial charge in [0.05, 0.1) is 24.3 Å². The molecular weight excluding hydrogens is 304 g/mol. The Morgan fingerprint density at radius 1 is 1.52 bits per heavy atom. The van der Waals surface area contributed by atoms with E-state index in [4.69, 9.17) is 9.26 Å². The Kier molecular flexibility index (Phi) is 5.83. The lowest BCUT2D eigenvalue weighted by atomic mass is 10.2. The molecule has 118 valence electrons. The molecule has 7 nitrogen and oxygen atoms in total. The quantitative estimate of drug-likeness (QED) is 0.470. The fourth-order valence-electron chi connectivity index (χ4n) is 1.62. The van der Waals surface area contributed by atoms with Gasteiger partial charge in [0.25, 0.3) is 0 Å². The molecule has 0 bridgehead atoms. The van der Waals surface area contributed by atoms with Gasteiger partial charge in [0.2, 0.25) is 0 Å². The summed E-state index contributed by atoms with van der Waals surface area (Å²) in [4.78, 5) is 19.8. The van der Waals surface area contributed by atoms with Crippen molar-refractivity contribution in [3.05, 3.63) is 33.6 Å². The summed E-state index contributed by atoms with van der Waals surface area (Å²) in [5.41, 5.74) is -0.742. The first-order valence-corrected chi connectivity index (χ1v) is 7.97. The zero-order chi connectivity index (χ0) is 16.2. The van der Waals surface area contributed by atoms with Gasteiger partial charge in [-0.15, -0.1) is 0 Å². The van der Waals surface area contributed by atoms with Crippen LogP contribution in [0.2, 0.25) is 0 Å². The molecule has 0 fully saturated rings. The van der Waals surface area contributed by atoms with E-state index in [1.807, 2.05) is 0 Å². The van der Waals surface area contributed by atoms with Crippen molar-refractivity contribution in [2.45, 2.75) is 32.5 Å². The van der Waals surface area contributed by atoms with Gasteiger partial charge < -0.3 is 14.2 Å². The normalized spacial score (nSPS) is 15.3. The van der Waals surface area contributed by atoms with Crippen LogP contribution in [0, 0.1) is 15.9 Å². The SMILES string of the molecule is CCC(C)OP(=O)(O)Cc1cc([N+](=O)[O-])c(OC)cc1F. The lowest BCUT2D eigenvalue weighted by Gasteiger charge is -2.17. The maximum Gasteiger partial charge on any atom is 0.332 e. The molecule has 0 amide bonds. The first-order chi connectivity index (χ1) is 9.70. The fraction of sp³-hybridized carbons (Fsp3) is 0.500. The molecule has 0 aliphatic carbocycles. The Bertz CT molecular complexity index is 579. The second-order valence-electron chi connectivity index (χ2n) is 4.49. The van der Waals surface area contributed by atoms with Gasteiger partial charge in [-0.2, -0.15) is 0 Å². The third kappa shape index (κ3) is 4.77. The van der Waals surface area contributed by atoms with Gasteiger partial charge in [-0.05, 0) is 13.3 Å². The van der Waals surface area contributed by atoms with E-state index in [1.54, 1.807) is 13.8 Å². The smallest absolute Gasteiger partial charge is 0.332 e. The second kappa shape index (κ2) is 6.98. The summed E-state index contributed by atoms with van der Waals surface area (Å²) < 4.78 is 35.4. The molecular formula is C12H17FNO6P. The Morgan fingerprint density at radius 2 is 2.14 bits per heavy atom. The average molecular weight is 321 g/mol. The highest BCUT2D eigenvalue weighted by Gasteiger charge is 2.27. The number of hydrogen-bond acceptors (Lipinski definition) is 5.